The molecule has 4 fully saturated rings. The fourth-order valence-corrected chi connectivity index (χ4v) is 7.05. The van der Waals surface area contributed by atoms with Crippen molar-refractivity contribution in [1.82, 2.24) is 4.90 Å². The summed E-state index contributed by atoms with van der Waals surface area (Å²) in [4.78, 5) is 14.2. The van der Waals surface area contributed by atoms with Crippen LogP contribution in [0.25, 0.3) is 0 Å². The molecule has 4 nitrogen and oxygen atoms in total. The Balaban J connectivity index is 1.39. The molecule has 4 aliphatic rings. The van der Waals surface area contributed by atoms with Crippen molar-refractivity contribution in [1.29, 1.82) is 0 Å². The molecule has 1 aromatic rings. The number of fused-ring (bicyclic) bond motifs is 4. The standard InChI is InChI=1S/C23H31NO3/c1-15(25)24-14-23(27-22(24,2)3)19-11-12-20(23)18-10-9-17(19)21(18)26-13-16-7-5-4-6-8-16/h4-8,17-21H,9-14H2,1-3H3. The van der Waals surface area contributed by atoms with E-state index in [0.717, 1.165) is 6.54 Å². The van der Waals surface area contributed by atoms with Gasteiger partial charge in [0.05, 0.1) is 24.9 Å². The van der Waals surface area contributed by atoms with Crippen molar-refractivity contribution in [3.8, 4) is 0 Å². The average molecular weight is 370 g/mol. The maximum atomic E-state index is 12.2. The first kappa shape index (κ1) is 17.7. The van der Waals surface area contributed by atoms with E-state index in [4.69, 9.17) is 9.47 Å². The van der Waals surface area contributed by atoms with Crippen molar-refractivity contribution in [2.75, 3.05) is 6.54 Å². The number of amides is 1. The van der Waals surface area contributed by atoms with Crippen molar-refractivity contribution in [3.63, 3.8) is 0 Å². The van der Waals surface area contributed by atoms with Crippen LogP contribution in [0.2, 0.25) is 0 Å². The lowest BCUT2D eigenvalue weighted by Gasteiger charge is -2.48. The molecule has 4 heteroatoms. The number of hydrogen-bond acceptors (Lipinski definition) is 3. The molecule has 1 spiro atoms. The zero-order valence-corrected chi connectivity index (χ0v) is 16.7. The highest BCUT2D eigenvalue weighted by atomic mass is 16.6. The summed E-state index contributed by atoms with van der Waals surface area (Å²) < 4.78 is 13.3. The van der Waals surface area contributed by atoms with Crippen LogP contribution < -0.4 is 0 Å². The van der Waals surface area contributed by atoms with Crippen molar-refractivity contribution in [2.45, 2.75) is 70.5 Å². The zero-order chi connectivity index (χ0) is 18.8. The molecule has 27 heavy (non-hydrogen) atoms. The molecule has 146 valence electrons. The lowest BCUT2D eigenvalue weighted by molar-refractivity contribution is -0.196. The lowest BCUT2D eigenvalue weighted by Crippen LogP contribution is -2.56. The predicted octanol–water partition coefficient (Wildman–Crippen LogP) is 3.99. The van der Waals surface area contributed by atoms with Crippen molar-refractivity contribution in [3.05, 3.63) is 35.9 Å². The van der Waals surface area contributed by atoms with Gasteiger partial charge in [0.1, 0.15) is 5.72 Å². The Kier molecular flexibility index (Phi) is 3.97. The molecule has 3 aliphatic carbocycles. The first-order valence-corrected chi connectivity index (χ1v) is 10.6. The fraction of sp³-hybridized carbons (Fsp3) is 0.696. The Bertz CT molecular complexity index is 710. The summed E-state index contributed by atoms with van der Waals surface area (Å²) in [6, 6.07) is 10.5. The third-order valence-corrected chi connectivity index (χ3v) is 7.92. The van der Waals surface area contributed by atoms with Gasteiger partial charge in [-0.15, -0.1) is 0 Å². The highest BCUT2D eigenvalue weighted by molar-refractivity contribution is 5.74. The molecular weight excluding hydrogens is 338 g/mol. The molecule has 1 saturated heterocycles. The first-order chi connectivity index (χ1) is 12.9. The van der Waals surface area contributed by atoms with Crippen molar-refractivity contribution in [2.24, 2.45) is 23.7 Å². The monoisotopic (exact) mass is 369 g/mol. The number of rotatable bonds is 3. The molecule has 5 rings (SSSR count). The van der Waals surface area contributed by atoms with E-state index in [2.05, 4.69) is 44.2 Å². The highest BCUT2D eigenvalue weighted by Gasteiger charge is 2.70. The van der Waals surface area contributed by atoms with Crippen LogP contribution in [0.5, 0.6) is 0 Å². The Labute approximate surface area is 162 Å². The van der Waals surface area contributed by atoms with Crippen LogP contribution >= 0.6 is 0 Å². The second kappa shape index (κ2) is 6.05. The van der Waals surface area contributed by atoms with Crippen molar-refractivity contribution < 1.29 is 14.3 Å². The molecule has 1 aliphatic heterocycles. The van der Waals surface area contributed by atoms with Crippen LogP contribution in [-0.2, 0) is 20.9 Å². The van der Waals surface area contributed by atoms with Gasteiger partial charge in [-0.2, -0.15) is 0 Å². The van der Waals surface area contributed by atoms with Crippen LogP contribution in [-0.4, -0.2) is 34.8 Å². The average Bonchev–Trinajstić information content (AvgIpc) is 3.19. The van der Waals surface area contributed by atoms with Gasteiger partial charge >= 0.3 is 0 Å². The highest BCUT2D eigenvalue weighted by Crippen LogP contribution is 2.65. The van der Waals surface area contributed by atoms with Gasteiger partial charge in [0, 0.05) is 6.92 Å². The van der Waals surface area contributed by atoms with E-state index in [9.17, 15) is 4.79 Å². The van der Waals surface area contributed by atoms with Crippen LogP contribution in [0.1, 0.15) is 52.0 Å². The minimum absolute atomic E-state index is 0.131. The topological polar surface area (TPSA) is 38.8 Å². The Morgan fingerprint density at radius 3 is 2.30 bits per heavy atom. The van der Waals surface area contributed by atoms with E-state index in [1.54, 1.807) is 6.92 Å². The van der Waals surface area contributed by atoms with Crippen LogP contribution in [0.3, 0.4) is 0 Å². The Hall–Kier alpha value is -1.39. The predicted molar refractivity (Wildman–Crippen MR) is 103 cm³/mol. The van der Waals surface area contributed by atoms with E-state index in [1.807, 2.05) is 4.90 Å². The Morgan fingerprint density at radius 1 is 1.11 bits per heavy atom. The number of nitrogens with zero attached hydrogens (tertiary/aromatic N) is 1. The van der Waals surface area contributed by atoms with E-state index >= 15 is 0 Å². The maximum absolute atomic E-state index is 12.2. The van der Waals surface area contributed by atoms with Gasteiger partial charge in [-0.25, -0.2) is 0 Å². The maximum Gasteiger partial charge on any atom is 0.221 e. The zero-order valence-electron chi connectivity index (χ0n) is 16.7. The molecule has 1 aromatic carbocycles. The van der Waals surface area contributed by atoms with Gasteiger partial charge < -0.3 is 14.4 Å². The smallest absolute Gasteiger partial charge is 0.221 e. The summed E-state index contributed by atoms with van der Waals surface area (Å²) in [5.74, 6) is 2.31. The molecule has 0 N–H and O–H groups in total. The molecule has 0 radical (unpaired) electrons. The first-order valence-electron chi connectivity index (χ1n) is 10.6. The molecule has 1 amide bonds. The van der Waals surface area contributed by atoms with E-state index < -0.39 is 5.72 Å². The molecular formula is C23H31NO3. The summed E-state index contributed by atoms with van der Waals surface area (Å²) >= 11 is 0. The van der Waals surface area contributed by atoms with E-state index in [0.29, 0.717) is 36.4 Å². The molecule has 4 bridgehead atoms. The normalized spacial score (nSPS) is 41.4. The largest absolute Gasteiger partial charge is 0.373 e. The summed E-state index contributed by atoms with van der Waals surface area (Å²) in [6.45, 7) is 7.26. The molecule has 1 heterocycles. The third-order valence-electron chi connectivity index (χ3n) is 7.92. The summed E-state index contributed by atoms with van der Waals surface area (Å²) in [5.41, 5.74) is 0.614. The number of carbonyl (C=O) groups is 1. The number of hydrogen-bond donors (Lipinski definition) is 0. The summed E-state index contributed by atoms with van der Waals surface area (Å²) in [7, 11) is 0. The number of carbonyl (C=O) groups excluding carboxylic acids is 1. The quantitative estimate of drug-likeness (QED) is 0.809. The SMILES string of the molecule is CC(=O)N1CC2(OC1(C)C)C1CCC2C2CCC1C2OCc1ccccc1. The molecule has 3 saturated carbocycles. The van der Waals surface area contributed by atoms with Gasteiger partial charge in [-0.1, -0.05) is 30.3 Å². The van der Waals surface area contributed by atoms with Crippen molar-refractivity contribution >= 4 is 5.91 Å². The molecule has 4 unspecified atom stereocenters. The number of benzene rings is 1. The minimum atomic E-state index is -0.496. The van der Waals surface area contributed by atoms with Gasteiger partial charge in [-0.05, 0) is 68.8 Å². The fourth-order valence-electron chi connectivity index (χ4n) is 7.05. The van der Waals surface area contributed by atoms with Gasteiger partial charge in [-0.3, -0.25) is 4.79 Å². The van der Waals surface area contributed by atoms with Gasteiger partial charge in [0.2, 0.25) is 5.91 Å². The molecule has 4 atom stereocenters. The summed E-state index contributed by atoms with van der Waals surface area (Å²) in [5, 5.41) is 0. The number of ether oxygens (including phenoxy) is 2. The van der Waals surface area contributed by atoms with Gasteiger partial charge in [0.15, 0.2) is 0 Å². The second-order valence-electron chi connectivity index (χ2n) is 9.57. The Morgan fingerprint density at radius 2 is 1.74 bits per heavy atom. The minimum Gasteiger partial charge on any atom is -0.373 e. The van der Waals surface area contributed by atoms with E-state index in [-0.39, 0.29) is 11.5 Å². The second-order valence-corrected chi connectivity index (χ2v) is 9.57. The lowest BCUT2D eigenvalue weighted by atomic mass is 9.66. The van der Waals surface area contributed by atoms with Crippen LogP contribution in [0, 0.1) is 23.7 Å². The summed E-state index contributed by atoms with van der Waals surface area (Å²) in [6.07, 6.45) is 5.29. The van der Waals surface area contributed by atoms with Gasteiger partial charge in [0.25, 0.3) is 0 Å². The van der Waals surface area contributed by atoms with Crippen LogP contribution in [0.4, 0.5) is 0 Å². The van der Waals surface area contributed by atoms with E-state index in [1.165, 1.54) is 31.2 Å². The molecule has 0 aromatic heterocycles. The van der Waals surface area contributed by atoms with Crippen LogP contribution in [0.15, 0.2) is 30.3 Å². The third kappa shape index (κ3) is 2.52.